The average molecular weight is 361 g/mol. The molecule has 0 radical (unpaired) electrons. The molecule has 2 heterocycles. The van der Waals surface area contributed by atoms with Gasteiger partial charge in [-0.15, -0.1) is 0 Å². The number of nitro benzene ring substituents is 1. The molecular weight excluding hydrogens is 336 g/mol. The lowest BCUT2D eigenvalue weighted by atomic mass is 9.84. The monoisotopic (exact) mass is 361 g/mol. The van der Waals surface area contributed by atoms with Gasteiger partial charge in [-0.3, -0.25) is 10.1 Å². The molecule has 1 saturated heterocycles. The van der Waals surface area contributed by atoms with E-state index in [0.29, 0.717) is 19.0 Å². The van der Waals surface area contributed by atoms with Crippen LogP contribution in [0.15, 0.2) is 30.0 Å². The Morgan fingerprint density at radius 1 is 1.23 bits per heavy atom. The van der Waals surface area contributed by atoms with E-state index >= 15 is 0 Å². The van der Waals surface area contributed by atoms with Crippen molar-refractivity contribution < 1.29 is 24.4 Å². The van der Waals surface area contributed by atoms with Crippen LogP contribution in [0.3, 0.4) is 0 Å². The molecule has 1 atom stereocenters. The predicted octanol–water partition coefficient (Wildman–Crippen LogP) is 1.52. The van der Waals surface area contributed by atoms with Crippen molar-refractivity contribution in [3.05, 3.63) is 45.7 Å². The lowest BCUT2D eigenvalue weighted by Crippen LogP contribution is -3.14. The summed E-state index contributed by atoms with van der Waals surface area (Å²) in [5.74, 6) is 1.38. The predicted molar refractivity (Wildman–Crippen MR) is 94.1 cm³/mol. The van der Waals surface area contributed by atoms with Crippen molar-refractivity contribution in [1.82, 2.24) is 0 Å². The second-order valence-corrected chi connectivity index (χ2v) is 7.50. The molecular formula is C19H25N2O5+. The summed E-state index contributed by atoms with van der Waals surface area (Å²) in [4.78, 5) is 12.1. The summed E-state index contributed by atoms with van der Waals surface area (Å²) in [6.45, 7) is 2.94. The Morgan fingerprint density at radius 3 is 2.65 bits per heavy atom. The number of fused-ring (bicyclic) bond motifs is 1. The minimum absolute atomic E-state index is 0.0719. The topological polar surface area (TPSA) is 86.3 Å². The molecule has 2 aliphatic heterocycles. The normalized spacial score (nSPS) is 27.1. The Bertz CT molecular complexity index is 721. The van der Waals surface area contributed by atoms with Gasteiger partial charge in [-0.2, -0.15) is 0 Å². The number of aliphatic hydroxyl groups is 1. The second kappa shape index (κ2) is 6.98. The number of ether oxygens (including phenoxy) is 2. The van der Waals surface area contributed by atoms with Crippen LogP contribution in [0.5, 0.6) is 5.75 Å². The van der Waals surface area contributed by atoms with Gasteiger partial charge < -0.3 is 19.5 Å². The molecule has 1 aliphatic carbocycles. The number of nitrogens with one attached hydrogen (secondary N) is 1. The summed E-state index contributed by atoms with van der Waals surface area (Å²) >= 11 is 0. The van der Waals surface area contributed by atoms with Gasteiger partial charge in [0.1, 0.15) is 18.8 Å². The molecule has 1 aromatic rings. The van der Waals surface area contributed by atoms with E-state index in [4.69, 9.17) is 9.47 Å². The van der Waals surface area contributed by atoms with E-state index in [9.17, 15) is 15.2 Å². The number of quaternary nitrogens is 1. The number of non-ortho nitro benzene ring substituents is 1. The molecule has 0 unspecified atom stereocenters. The van der Waals surface area contributed by atoms with Crippen LogP contribution >= 0.6 is 0 Å². The first-order valence-electron chi connectivity index (χ1n) is 9.39. The van der Waals surface area contributed by atoms with Gasteiger partial charge >= 0.3 is 0 Å². The maximum absolute atomic E-state index is 11.2. The zero-order chi connectivity index (χ0) is 18.1. The van der Waals surface area contributed by atoms with Gasteiger partial charge in [0.25, 0.3) is 5.69 Å². The van der Waals surface area contributed by atoms with E-state index in [1.807, 2.05) is 6.08 Å². The minimum Gasteiger partial charge on any atom is -0.455 e. The van der Waals surface area contributed by atoms with Gasteiger partial charge in [0.05, 0.1) is 29.3 Å². The highest BCUT2D eigenvalue weighted by Crippen LogP contribution is 2.41. The molecule has 0 aromatic heterocycles. The standard InChI is InChI=1S/C19H24N2O5/c22-19(6-2-1-3-7-19)13-17-18(20-8-10-25-11-9-20)15-12-14(21(23)24)4-5-16(15)26-17/h4-5,12-13,18,22H,1-3,6-11H2/p+1/b17-13-/t18-/m1/s1. The molecule has 4 rings (SSSR count). The largest absolute Gasteiger partial charge is 0.455 e. The lowest BCUT2D eigenvalue weighted by molar-refractivity contribution is -0.933. The first-order valence-corrected chi connectivity index (χ1v) is 9.39. The van der Waals surface area contributed by atoms with Crippen molar-refractivity contribution in [2.75, 3.05) is 26.3 Å². The zero-order valence-electron chi connectivity index (χ0n) is 14.8. The fourth-order valence-corrected chi connectivity index (χ4v) is 4.34. The number of hydrogen-bond acceptors (Lipinski definition) is 5. The Morgan fingerprint density at radius 2 is 1.96 bits per heavy atom. The number of hydrogen-bond donors (Lipinski definition) is 2. The van der Waals surface area contributed by atoms with Crippen LogP contribution in [0.25, 0.3) is 0 Å². The molecule has 1 saturated carbocycles. The van der Waals surface area contributed by atoms with Crippen LogP contribution in [-0.2, 0) is 4.74 Å². The molecule has 2 N–H and O–H groups in total. The zero-order valence-corrected chi connectivity index (χ0v) is 14.8. The number of benzene rings is 1. The average Bonchev–Trinajstić information content (AvgIpc) is 2.99. The number of nitro groups is 1. The molecule has 0 bridgehead atoms. The Hall–Kier alpha value is -1.96. The van der Waals surface area contributed by atoms with Gasteiger partial charge in [0, 0.05) is 12.1 Å². The third-order valence-corrected chi connectivity index (χ3v) is 5.70. The summed E-state index contributed by atoms with van der Waals surface area (Å²) in [6.07, 6.45) is 6.52. The lowest BCUT2D eigenvalue weighted by Gasteiger charge is -2.32. The molecule has 26 heavy (non-hydrogen) atoms. The van der Waals surface area contributed by atoms with Crippen LogP contribution in [-0.4, -0.2) is 41.9 Å². The van der Waals surface area contributed by atoms with Crippen molar-refractivity contribution >= 4 is 5.69 Å². The van der Waals surface area contributed by atoms with Gasteiger partial charge in [-0.25, -0.2) is 0 Å². The van der Waals surface area contributed by atoms with Crippen LogP contribution in [0.2, 0.25) is 0 Å². The van der Waals surface area contributed by atoms with Crippen LogP contribution in [0.4, 0.5) is 5.69 Å². The molecule has 2 fully saturated rings. The van der Waals surface area contributed by atoms with Crippen LogP contribution < -0.4 is 9.64 Å². The second-order valence-electron chi connectivity index (χ2n) is 7.50. The van der Waals surface area contributed by atoms with Gasteiger partial charge in [0.2, 0.25) is 0 Å². The van der Waals surface area contributed by atoms with Crippen molar-refractivity contribution in [3.63, 3.8) is 0 Å². The fraction of sp³-hybridized carbons (Fsp3) is 0.579. The SMILES string of the molecule is O=[N+]([O-])c1ccc2c(c1)[C@@H]([NH+]1CCOCC1)/C(=C/C1(O)CCCCC1)O2. The van der Waals surface area contributed by atoms with Crippen molar-refractivity contribution in [3.8, 4) is 5.75 Å². The van der Waals surface area contributed by atoms with E-state index in [1.165, 1.54) is 11.0 Å². The molecule has 1 aromatic carbocycles. The molecule has 0 spiro atoms. The van der Waals surface area contributed by atoms with Crippen LogP contribution in [0, 0.1) is 10.1 Å². The maximum atomic E-state index is 11.2. The third-order valence-electron chi connectivity index (χ3n) is 5.70. The summed E-state index contributed by atoms with van der Waals surface area (Å²) in [5, 5.41) is 22.2. The highest BCUT2D eigenvalue weighted by atomic mass is 16.6. The summed E-state index contributed by atoms with van der Waals surface area (Å²) in [5.41, 5.74) is 0.0651. The summed E-state index contributed by atoms with van der Waals surface area (Å²) in [7, 11) is 0. The number of nitrogens with zero attached hydrogens (tertiary/aromatic N) is 1. The quantitative estimate of drug-likeness (QED) is 0.630. The summed E-state index contributed by atoms with van der Waals surface area (Å²) < 4.78 is 11.6. The first kappa shape index (κ1) is 17.5. The number of rotatable bonds is 3. The van der Waals surface area contributed by atoms with E-state index < -0.39 is 5.60 Å². The third kappa shape index (κ3) is 3.34. The highest BCUT2D eigenvalue weighted by Gasteiger charge is 2.42. The molecule has 7 nitrogen and oxygen atoms in total. The van der Waals surface area contributed by atoms with E-state index in [0.717, 1.165) is 56.5 Å². The smallest absolute Gasteiger partial charge is 0.270 e. The van der Waals surface area contributed by atoms with E-state index in [1.54, 1.807) is 12.1 Å². The van der Waals surface area contributed by atoms with Gasteiger partial charge in [-0.1, -0.05) is 19.3 Å². The van der Waals surface area contributed by atoms with Gasteiger partial charge in [0.15, 0.2) is 11.8 Å². The van der Waals surface area contributed by atoms with Gasteiger partial charge in [-0.05, 0) is 25.0 Å². The molecule has 3 aliphatic rings. The van der Waals surface area contributed by atoms with Crippen molar-refractivity contribution in [1.29, 1.82) is 0 Å². The highest BCUT2D eigenvalue weighted by molar-refractivity contribution is 5.51. The fourth-order valence-electron chi connectivity index (χ4n) is 4.34. The Labute approximate surface area is 152 Å². The minimum atomic E-state index is -0.842. The number of morpholine rings is 1. The Balaban J connectivity index is 1.72. The molecule has 7 heteroatoms. The van der Waals surface area contributed by atoms with E-state index in [-0.39, 0.29) is 16.7 Å². The Kier molecular flexibility index (Phi) is 4.69. The van der Waals surface area contributed by atoms with Crippen LogP contribution in [0.1, 0.15) is 43.7 Å². The first-order chi connectivity index (χ1) is 12.6. The summed E-state index contributed by atoms with van der Waals surface area (Å²) in [6, 6.07) is 4.64. The van der Waals surface area contributed by atoms with E-state index in [2.05, 4.69) is 0 Å². The molecule has 0 amide bonds. The molecule has 140 valence electrons. The van der Waals surface area contributed by atoms with Crippen molar-refractivity contribution in [2.24, 2.45) is 0 Å². The van der Waals surface area contributed by atoms with Crippen molar-refractivity contribution in [2.45, 2.75) is 43.7 Å². The maximum Gasteiger partial charge on any atom is 0.270 e.